The molecule has 0 spiro atoms. The number of ether oxygens (including phenoxy) is 1. The predicted octanol–water partition coefficient (Wildman–Crippen LogP) is -0.137. The molecule has 0 fully saturated rings. The summed E-state index contributed by atoms with van der Waals surface area (Å²) < 4.78 is 31.2. The Morgan fingerprint density at radius 3 is 2.67 bits per heavy atom. The van der Waals surface area contributed by atoms with Gasteiger partial charge in [0.15, 0.2) is 0 Å². The molecule has 0 aliphatic rings. The maximum Gasteiger partial charge on any atom is 0.240 e. The van der Waals surface area contributed by atoms with E-state index < -0.39 is 16.1 Å². The Labute approximate surface area is 107 Å². The van der Waals surface area contributed by atoms with E-state index in [-0.39, 0.29) is 18.1 Å². The van der Waals surface area contributed by atoms with Crippen molar-refractivity contribution in [1.29, 1.82) is 0 Å². The quantitative estimate of drug-likeness (QED) is 0.627. The first-order chi connectivity index (χ1) is 8.40. The third-order valence-corrected chi connectivity index (χ3v) is 3.98. The smallest absolute Gasteiger partial charge is 0.240 e. The molecule has 6 nitrogen and oxygen atoms in total. The molecule has 0 aliphatic heterocycles. The Balaban J connectivity index is 2.95. The van der Waals surface area contributed by atoms with Gasteiger partial charge in [-0.2, -0.15) is 0 Å². The zero-order valence-electron chi connectivity index (χ0n) is 10.4. The molecule has 7 heteroatoms. The summed E-state index contributed by atoms with van der Waals surface area (Å²) in [6.07, 6.45) is 0. The zero-order valence-corrected chi connectivity index (χ0v) is 11.2. The van der Waals surface area contributed by atoms with E-state index in [1.54, 1.807) is 6.92 Å². The standard InChI is InChI=1S/C11H18N2O4S/c1-8-5-10(3-4-11(8)12)18(15,16)13-9(6-14)7-17-2/h3-5,9,13-14H,6-7,12H2,1-2H3. The number of rotatable bonds is 6. The van der Waals surface area contributed by atoms with E-state index in [0.717, 1.165) is 0 Å². The van der Waals surface area contributed by atoms with E-state index in [1.807, 2.05) is 0 Å². The first-order valence-electron chi connectivity index (χ1n) is 5.39. The molecule has 0 heterocycles. The van der Waals surface area contributed by atoms with Crippen LogP contribution in [0.3, 0.4) is 0 Å². The van der Waals surface area contributed by atoms with Crippen molar-refractivity contribution in [2.24, 2.45) is 0 Å². The monoisotopic (exact) mass is 274 g/mol. The molecule has 1 aromatic rings. The van der Waals surface area contributed by atoms with Crippen LogP contribution in [-0.2, 0) is 14.8 Å². The molecule has 1 aromatic carbocycles. The van der Waals surface area contributed by atoms with Crippen molar-refractivity contribution in [3.05, 3.63) is 23.8 Å². The van der Waals surface area contributed by atoms with Crippen LogP contribution >= 0.6 is 0 Å². The molecule has 18 heavy (non-hydrogen) atoms. The van der Waals surface area contributed by atoms with Gasteiger partial charge in [-0.1, -0.05) is 0 Å². The van der Waals surface area contributed by atoms with Crippen molar-refractivity contribution in [2.75, 3.05) is 26.1 Å². The lowest BCUT2D eigenvalue weighted by molar-refractivity contribution is 0.139. The molecular formula is C11H18N2O4S. The summed E-state index contributed by atoms with van der Waals surface area (Å²) in [4.78, 5) is 0.115. The van der Waals surface area contributed by atoms with E-state index in [1.165, 1.54) is 25.3 Å². The van der Waals surface area contributed by atoms with Crippen molar-refractivity contribution in [3.63, 3.8) is 0 Å². The van der Waals surface area contributed by atoms with Crippen molar-refractivity contribution in [2.45, 2.75) is 17.9 Å². The van der Waals surface area contributed by atoms with Crippen molar-refractivity contribution < 1.29 is 18.3 Å². The topological polar surface area (TPSA) is 102 Å². The normalized spacial score (nSPS) is 13.5. The van der Waals surface area contributed by atoms with Gasteiger partial charge in [-0.15, -0.1) is 0 Å². The van der Waals surface area contributed by atoms with Crippen LogP contribution < -0.4 is 10.5 Å². The summed E-state index contributed by atoms with van der Waals surface area (Å²) in [5.41, 5.74) is 6.85. The van der Waals surface area contributed by atoms with Gasteiger partial charge >= 0.3 is 0 Å². The number of sulfonamides is 1. The Hall–Kier alpha value is -1.15. The highest BCUT2D eigenvalue weighted by molar-refractivity contribution is 7.89. The molecule has 0 aliphatic carbocycles. The van der Waals surface area contributed by atoms with Crippen LogP contribution in [0.1, 0.15) is 5.56 Å². The number of nitrogens with one attached hydrogen (secondary N) is 1. The fourth-order valence-corrected chi connectivity index (χ4v) is 2.72. The second-order valence-corrected chi connectivity index (χ2v) is 5.69. The minimum absolute atomic E-state index is 0.101. The van der Waals surface area contributed by atoms with Gasteiger partial charge < -0.3 is 15.6 Å². The summed E-state index contributed by atoms with van der Waals surface area (Å²) in [6.45, 7) is 1.50. The van der Waals surface area contributed by atoms with Crippen LogP contribution in [-0.4, -0.2) is 39.9 Å². The molecular weight excluding hydrogens is 256 g/mol. The van der Waals surface area contributed by atoms with E-state index in [4.69, 9.17) is 15.6 Å². The first kappa shape index (κ1) is 14.9. The number of hydrogen-bond acceptors (Lipinski definition) is 5. The fourth-order valence-electron chi connectivity index (χ4n) is 1.43. The number of nitrogens with two attached hydrogens (primary N) is 1. The molecule has 0 aromatic heterocycles. The van der Waals surface area contributed by atoms with Crippen LogP contribution in [0.4, 0.5) is 5.69 Å². The summed E-state index contributed by atoms with van der Waals surface area (Å²) in [6, 6.07) is 3.77. The lowest BCUT2D eigenvalue weighted by Gasteiger charge is -2.15. The molecule has 0 amide bonds. The summed E-state index contributed by atoms with van der Waals surface area (Å²) in [5.74, 6) is 0. The molecule has 102 valence electrons. The molecule has 0 bridgehead atoms. The fraction of sp³-hybridized carbons (Fsp3) is 0.455. The largest absolute Gasteiger partial charge is 0.399 e. The average Bonchev–Trinajstić information content (AvgIpc) is 2.31. The molecule has 0 saturated carbocycles. The van der Waals surface area contributed by atoms with E-state index in [0.29, 0.717) is 11.3 Å². The van der Waals surface area contributed by atoms with Gasteiger partial charge in [0.05, 0.1) is 24.2 Å². The SMILES string of the molecule is COCC(CO)NS(=O)(=O)c1ccc(N)c(C)c1. The zero-order chi connectivity index (χ0) is 13.8. The van der Waals surface area contributed by atoms with Crippen LogP contribution in [0, 0.1) is 6.92 Å². The summed E-state index contributed by atoms with van der Waals surface area (Å²) >= 11 is 0. The van der Waals surface area contributed by atoms with Crippen LogP contribution in [0.15, 0.2) is 23.1 Å². The van der Waals surface area contributed by atoms with Crippen LogP contribution in [0.25, 0.3) is 0 Å². The number of benzene rings is 1. The van der Waals surface area contributed by atoms with Gasteiger partial charge in [0.2, 0.25) is 10.0 Å². The molecule has 0 radical (unpaired) electrons. The molecule has 1 unspecified atom stereocenters. The minimum Gasteiger partial charge on any atom is -0.399 e. The Morgan fingerprint density at radius 2 is 2.17 bits per heavy atom. The Morgan fingerprint density at radius 1 is 1.50 bits per heavy atom. The third kappa shape index (κ3) is 3.67. The highest BCUT2D eigenvalue weighted by Gasteiger charge is 2.19. The third-order valence-electron chi connectivity index (χ3n) is 2.46. The number of anilines is 1. The van der Waals surface area contributed by atoms with Crippen molar-refractivity contribution in [1.82, 2.24) is 4.72 Å². The van der Waals surface area contributed by atoms with Gasteiger partial charge in [0.1, 0.15) is 0 Å². The first-order valence-corrected chi connectivity index (χ1v) is 6.87. The number of hydrogen-bond donors (Lipinski definition) is 3. The van der Waals surface area contributed by atoms with Gasteiger partial charge in [-0.25, -0.2) is 13.1 Å². The highest BCUT2D eigenvalue weighted by atomic mass is 32.2. The maximum absolute atomic E-state index is 12.0. The molecule has 4 N–H and O–H groups in total. The number of nitrogen functional groups attached to an aromatic ring is 1. The number of aryl methyl sites for hydroxylation is 1. The second kappa shape index (κ2) is 6.14. The van der Waals surface area contributed by atoms with E-state index >= 15 is 0 Å². The highest BCUT2D eigenvalue weighted by Crippen LogP contribution is 2.16. The molecule has 1 atom stereocenters. The van der Waals surface area contributed by atoms with E-state index in [2.05, 4.69) is 4.72 Å². The lowest BCUT2D eigenvalue weighted by atomic mass is 10.2. The lowest BCUT2D eigenvalue weighted by Crippen LogP contribution is -2.40. The predicted molar refractivity (Wildman–Crippen MR) is 68.7 cm³/mol. The maximum atomic E-state index is 12.0. The van der Waals surface area contributed by atoms with Crippen molar-refractivity contribution in [3.8, 4) is 0 Å². The Bertz CT molecular complexity index is 502. The van der Waals surface area contributed by atoms with Gasteiger partial charge in [0, 0.05) is 12.8 Å². The minimum atomic E-state index is -3.68. The number of aliphatic hydroxyl groups is 1. The Kier molecular flexibility index (Phi) is 5.09. The van der Waals surface area contributed by atoms with Crippen LogP contribution in [0.5, 0.6) is 0 Å². The summed E-state index contributed by atoms with van der Waals surface area (Å²) in [5, 5.41) is 9.04. The van der Waals surface area contributed by atoms with Gasteiger partial charge in [0.25, 0.3) is 0 Å². The van der Waals surface area contributed by atoms with Gasteiger partial charge in [-0.05, 0) is 30.7 Å². The number of methoxy groups -OCH3 is 1. The van der Waals surface area contributed by atoms with Crippen molar-refractivity contribution >= 4 is 15.7 Å². The van der Waals surface area contributed by atoms with E-state index in [9.17, 15) is 8.42 Å². The molecule has 0 saturated heterocycles. The van der Waals surface area contributed by atoms with Gasteiger partial charge in [-0.3, -0.25) is 0 Å². The second-order valence-electron chi connectivity index (χ2n) is 3.97. The average molecular weight is 274 g/mol. The molecule has 1 rings (SSSR count). The van der Waals surface area contributed by atoms with Crippen LogP contribution in [0.2, 0.25) is 0 Å². The number of aliphatic hydroxyl groups excluding tert-OH is 1. The summed E-state index contributed by atoms with van der Waals surface area (Å²) in [7, 11) is -2.24.